The molecular formula is C29H47NO8. The lowest BCUT2D eigenvalue weighted by Gasteiger charge is -2.64. The van der Waals surface area contributed by atoms with E-state index in [0.717, 1.165) is 57.8 Å². The summed E-state index contributed by atoms with van der Waals surface area (Å²) in [6.45, 7) is 4.84. The maximum atomic E-state index is 12.4. The molecule has 38 heavy (non-hydrogen) atoms. The van der Waals surface area contributed by atoms with Crippen LogP contribution in [0.25, 0.3) is 0 Å². The average molecular weight is 538 g/mol. The van der Waals surface area contributed by atoms with Crippen LogP contribution < -0.4 is 5.73 Å². The summed E-state index contributed by atoms with van der Waals surface area (Å²) in [6.07, 6.45) is 4.92. The van der Waals surface area contributed by atoms with Crippen molar-refractivity contribution < 1.29 is 39.4 Å². The number of rotatable bonds is 4. The number of esters is 1. The molecule has 6 aliphatic rings. The van der Waals surface area contributed by atoms with Crippen LogP contribution in [0.1, 0.15) is 78.1 Å². The summed E-state index contributed by atoms with van der Waals surface area (Å²) in [6, 6.07) is -0.934. The molecule has 6 fully saturated rings. The maximum absolute atomic E-state index is 12.4. The highest BCUT2D eigenvalue weighted by Gasteiger charge is 2.68. The van der Waals surface area contributed by atoms with Gasteiger partial charge in [0.2, 0.25) is 0 Å². The van der Waals surface area contributed by atoms with Gasteiger partial charge in [0.05, 0.1) is 37.4 Å². The first kappa shape index (κ1) is 27.4. The second kappa shape index (κ2) is 9.64. The molecule has 2 aliphatic heterocycles. The molecule has 6 rings (SSSR count). The van der Waals surface area contributed by atoms with Crippen molar-refractivity contribution in [3.63, 3.8) is 0 Å². The fourth-order valence-corrected chi connectivity index (χ4v) is 10.3. The molecule has 0 spiro atoms. The molecule has 0 bridgehead atoms. The molecule has 9 nitrogen and oxygen atoms in total. The third-order valence-corrected chi connectivity index (χ3v) is 12.6. The number of cyclic esters (lactones) is 1. The first-order valence-corrected chi connectivity index (χ1v) is 14.9. The molecule has 0 aromatic rings. The SMILES string of the molecule is C[C@]12CC[C@H](O[C@@H]3O[C@H](CO)[C@@H](O)[C@H](N)[C@H]3O)C[C@H]1CC[C@@H]1[C@@H]2CC[C@]2(C)[C@@H]([C@@H]3COC(=O)C3)CC[C@]12O. The number of ether oxygens (including phenoxy) is 3. The first-order valence-electron chi connectivity index (χ1n) is 14.9. The monoisotopic (exact) mass is 537 g/mol. The molecule has 216 valence electrons. The van der Waals surface area contributed by atoms with Crippen molar-refractivity contribution >= 4 is 5.97 Å². The number of hydrogen-bond donors (Lipinski definition) is 5. The van der Waals surface area contributed by atoms with E-state index in [9.17, 15) is 25.2 Å². The van der Waals surface area contributed by atoms with Crippen LogP contribution in [0.3, 0.4) is 0 Å². The zero-order valence-electron chi connectivity index (χ0n) is 22.8. The zero-order valence-corrected chi connectivity index (χ0v) is 22.8. The lowest BCUT2D eigenvalue weighted by Crippen LogP contribution is -2.64. The molecule has 6 N–H and O–H groups in total. The second-order valence-corrected chi connectivity index (χ2v) is 14.0. The largest absolute Gasteiger partial charge is 0.465 e. The van der Waals surface area contributed by atoms with Gasteiger partial charge in [-0.3, -0.25) is 4.79 Å². The Morgan fingerprint density at radius 2 is 1.76 bits per heavy atom. The van der Waals surface area contributed by atoms with E-state index in [-0.39, 0.29) is 41.3 Å². The predicted octanol–water partition coefficient (Wildman–Crippen LogP) is 1.47. The number of fused-ring (bicyclic) bond motifs is 5. The van der Waals surface area contributed by atoms with Gasteiger partial charge in [-0.1, -0.05) is 13.8 Å². The molecule has 2 heterocycles. The highest BCUT2D eigenvalue weighted by Crippen LogP contribution is 2.70. The fourth-order valence-electron chi connectivity index (χ4n) is 10.3. The molecule has 4 saturated carbocycles. The topological polar surface area (TPSA) is 152 Å². The molecule has 4 aliphatic carbocycles. The van der Waals surface area contributed by atoms with Gasteiger partial charge in [-0.25, -0.2) is 0 Å². The van der Waals surface area contributed by atoms with Crippen LogP contribution in [0.4, 0.5) is 0 Å². The van der Waals surface area contributed by atoms with Crippen LogP contribution in [-0.4, -0.2) is 82.0 Å². The number of nitrogens with two attached hydrogens (primary N) is 1. The van der Waals surface area contributed by atoms with Crippen molar-refractivity contribution in [3.8, 4) is 0 Å². The Hall–Kier alpha value is -0.810. The minimum absolute atomic E-state index is 0.0845. The van der Waals surface area contributed by atoms with Crippen LogP contribution in [0.5, 0.6) is 0 Å². The predicted molar refractivity (Wildman–Crippen MR) is 136 cm³/mol. The van der Waals surface area contributed by atoms with Crippen molar-refractivity contribution in [3.05, 3.63) is 0 Å². The van der Waals surface area contributed by atoms with Gasteiger partial charge < -0.3 is 40.4 Å². The van der Waals surface area contributed by atoms with Crippen molar-refractivity contribution in [1.82, 2.24) is 0 Å². The summed E-state index contributed by atoms with van der Waals surface area (Å²) in [7, 11) is 0. The van der Waals surface area contributed by atoms with E-state index in [1.807, 2.05) is 0 Å². The summed E-state index contributed by atoms with van der Waals surface area (Å²) in [4.78, 5) is 11.9. The van der Waals surface area contributed by atoms with Gasteiger partial charge in [0.1, 0.15) is 18.3 Å². The molecule has 0 aromatic heterocycles. The number of hydrogen-bond acceptors (Lipinski definition) is 9. The number of aliphatic hydroxyl groups is 4. The Morgan fingerprint density at radius 3 is 2.47 bits per heavy atom. The van der Waals surface area contributed by atoms with Crippen LogP contribution in [-0.2, 0) is 19.0 Å². The minimum Gasteiger partial charge on any atom is -0.465 e. The van der Waals surface area contributed by atoms with E-state index in [1.165, 1.54) is 0 Å². The molecule has 9 heteroatoms. The fraction of sp³-hybridized carbons (Fsp3) is 0.966. The van der Waals surface area contributed by atoms with Gasteiger partial charge in [0.15, 0.2) is 6.29 Å². The van der Waals surface area contributed by atoms with E-state index in [2.05, 4.69) is 13.8 Å². The van der Waals surface area contributed by atoms with Gasteiger partial charge in [0.25, 0.3) is 0 Å². The normalized spacial score (nSPS) is 56.6. The minimum atomic E-state index is -1.15. The first-order chi connectivity index (χ1) is 18.0. The van der Waals surface area contributed by atoms with Crippen LogP contribution >= 0.6 is 0 Å². The standard InChI is InChI=1S/C29H47NO8/c1-27-8-5-17(37-26-25(34)23(30)24(33)21(13-31)38-26)12-16(27)3-4-20-19(27)6-9-28(2)18(7-10-29(20,28)35)15-11-22(32)36-14-15/h15-21,23-26,31,33-35H,3-14,30H2,1-2H3/t15-,16+,17-,18+,19-,20+,21+,23-,24+,25+,26+,27-,28+,29-/m0/s1. The molecule has 0 amide bonds. The lowest BCUT2D eigenvalue weighted by atomic mass is 9.43. The summed E-state index contributed by atoms with van der Waals surface area (Å²) in [5.74, 6) is 1.67. The van der Waals surface area contributed by atoms with Crippen molar-refractivity contribution in [2.75, 3.05) is 13.2 Å². The molecule has 0 radical (unpaired) electrons. The zero-order chi connectivity index (χ0) is 27.0. The number of carbonyl (C=O) groups is 1. The van der Waals surface area contributed by atoms with Gasteiger partial charge in [-0.05, 0) is 92.3 Å². The Balaban J connectivity index is 1.14. The molecular weight excluding hydrogens is 490 g/mol. The Bertz CT molecular complexity index is 917. The number of carbonyl (C=O) groups excluding carboxylic acids is 1. The molecule has 2 saturated heterocycles. The van der Waals surface area contributed by atoms with E-state index >= 15 is 0 Å². The van der Waals surface area contributed by atoms with Crippen LogP contribution in [0.2, 0.25) is 0 Å². The highest BCUT2D eigenvalue weighted by atomic mass is 16.7. The Morgan fingerprint density at radius 1 is 1.00 bits per heavy atom. The summed E-state index contributed by atoms with van der Waals surface area (Å²) >= 11 is 0. The van der Waals surface area contributed by atoms with Crippen LogP contribution in [0.15, 0.2) is 0 Å². The highest BCUT2D eigenvalue weighted by molar-refractivity contribution is 5.71. The smallest absolute Gasteiger partial charge is 0.306 e. The second-order valence-electron chi connectivity index (χ2n) is 14.0. The third-order valence-electron chi connectivity index (χ3n) is 12.6. The van der Waals surface area contributed by atoms with Gasteiger partial charge >= 0.3 is 5.97 Å². The summed E-state index contributed by atoms with van der Waals surface area (Å²) in [5, 5.41) is 42.7. The van der Waals surface area contributed by atoms with E-state index in [0.29, 0.717) is 30.8 Å². The van der Waals surface area contributed by atoms with Gasteiger partial charge in [-0.2, -0.15) is 0 Å². The van der Waals surface area contributed by atoms with E-state index < -0.39 is 36.2 Å². The van der Waals surface area contributed by atoms with E-state index in [1.54, 1.807) is 0 Å². The summed E-state index contributed by atoms with van der Waals surface area (Å²) < 4.78 is 17.3. The lowest BCUT2D eigenvalue weighted by molar-refractivity contribution is -0.296. The molecule has 0 aromatic carbocycles. The van der Waals surface area contributed by atoms with Crippen molar-refractivity contribution in [2.45, 2.75) is 120 Å². The van der Waals surface area contributed by atoms with Crippen LogP contribution in [0, 0.1) is 40.4 Å². The third kappa shape index (κ3) is 3.94. The van der Waals surface area contributed by atoms with Crippen molar-refractivity contribution in [1.29, 1.82) is 0 Å². The average Bonchev–Trinajstić information content (AvgIpc) is 3.44. The van der Waals surface area contributed by atoms with Crippen molar-refractivity contribution in [2.24, 2.45) is 46.2 Å². The quantitative estimate of drug-likeness (QED) is 0.265. The Kier molecular flexibility index (Phi) is 6.94. The van der Waals surface area contributed by atoms with Gasteiger partial charge in [-0.15, -0.1) is 0 Å². The van der Waals surface area contributed by atoms with Gasteiger partial charge in [0, 0.05) is 5.92 Å². The van der Waals surface area contributed by atoms with E-state index in [4.69, 9.17) is 19.9 Å². The molecule has 14 atom stereocenters. The maximum Gasteiger partial charge on any atom is 0.306 e. The Labute approximate surface area is 225 Å². The number of aliphatic hydroxyl groups excluding tert-OH is 3. The summed E-state index contributed by atoms with van der Waals surface area (Å²) in [5.41, 5.74) is 5.25. The molecule has 0 unspecified atom stereocenters.